The summed E-state index contributed by atoms with van der Waals surface area (Å²) in [6.45, 7) is 5.06. The number of carbonyl (C=O) groups excluding carboxylic acids is 2. The van der Waals surface area contributed by atoms with Crippen LogP contribution in [0.2, 0.25) is 0 Å². The van der Waals surface area contributed by atoms with Gasteiger partial charge in [-0.3, -0.25) is 4.79 Å². The van der Waals surface area contributed by atoms with E-state index in [1.54, 1.807) is 20.8 Å². The van der Waals surface area contributed by atoms with Crippen molar-refractivity contribution >= 4 is 11.9 Å². The number of carbonyl (C=O) groups is 2. The van der Waals surface area contributed by atoms with Crippen LogP contribution in [0.1, 0.15) is 51.5 Å². The molecule has 0 aliphatic heterocycles. The third-order valence-corrected chi connectivity index (χ3v) is 3.81. The largest absolute Gasteiger partial charge is 0.444 e. The zero-order valence-electron chi connectivity index (χ0n) is 13.8. The van der Waals surface area contributed by atoms with Gasteiger partial charge in [0, 0.05) is 30.9 Å². The lowest BCUT2D eigenvalue weighted by molar-refractivity contribution is -0.121. The highest BCUT2D eigenvalue weighted by atomic mass is 19.2. The van der Waals surface area contributed by atoms with Crippen LogP contribution in [0, 0.1) is 17.5 Å². The van der Waals surface area contributed by atoms with Crippen molar-refractivity contribution in [2.45, 2.75) is 57.6 Å². The molecule has 1 saturated carbocycles. The van der Waals surface area contributed by atoms with E-state index in [-0.39, 0.29) is 30.6 Å². The first-order valence-corrected chi connectivity index (χ1v) is 7.72. The molecule has 1 aromatic rings. The predicted molar refractivity (Wildman–Crippen MR) is 81.1 cm³/mol. The van der Waals surface area contributed by atoms with Gasteiger partial charge in [-0.25, -0.2) is 18.0 Å². The zero-order valence-corrected chi connectivity index (χ0v) is 13.8. The van der Waals surface area contributed by atoms with E-state index in [2.05, 4.69) is 5.32 Å². The normalized spacial score (nSPS) is 21.5. The van der Waals surface area contributed by atoms with Crippen LogP contribution in [0.5, 0.6) is 0 Å². The molecule has 1 amide bonds. The molecule has 24 heavy (non-hydrogen) atoms. The fraction of sp³-hybridized carbons (Fsp3) is 0.529. The Morgan fingerprint density at radius 2 is 1.79 bits per heavy atom. The summed E-state index contributed by atoms with van der Waals surface area (Å²) in [7, 11) is 0. The number of alkyl carbamates (subject to hydrolysis) is 1. The number of halogens is 3. The van der Waals surface area contributed by atoms with Crippen LogP contribution >= 0.6 is 0 Å². The molecule has 1 aliphatic carbocycles. The summed E-state index contributed by atoms with van der Waals surface area (Å²) in [5.74, 6) is -4.07. The molecule has 2 rings (SSSR count). The fourth-order valence-corrected chi connectivity index (χ4v) is 2.81. The van der Waals surface area contributed by atoms with Gasteiger partial charge in [-0.15, -0.1) is 0 Å². The molecule has 2 atom stereocenters. The van der Waals surface area contributed by atoms with E-state index in [0.29, 0.717) is 6.07 Å². The molecule has 1 unspecified atom stereocenters. The van der Waals surface area contributed by atoms with Gasteiger partial charge in [0.2, 0.25) is 0 Å². The third-order valence-electron chi connectivity index (χ3n) is 3.81. The van der Waals surface area contributed by atoms with Gasteiger partial charge < -0.3 is 10.1 Å². The Kier molecular flexibility index (Phi) is 5.20. The summed E-state index contributed by atoms with van der Waals surface area (Å²) < 4.78 is 45.8. The Labute approximate surface area is 138 Å². The SMILES string of the molecule is CC(C)(C)OC(=O)NC1CC(=O)CC[C@@H]1c1cc(F)c(F)cc1F. The van der Waals surface area contributed by atoms with E-state index >= 15 is 0 Å². The van der Waals surface area contributed by atoms with Crippen LogP contribution in [-0.4, -0.2) is 23.5 Å². The molecule has 132 valence electrons. The van der Waals surface area contributed by atoms with Gasteiger partial charge in [0.25, 0.3) is 0 Å². The Bertz CT molecular complexity index is 655. The monoisotopic (exact) mass is 343 g/mol. The van der Waals surface area contributed by atoms with Gasteiger partial charge in [-0.1, -0.05) is 0 Å². The van der Waals surface area contributed by atoms with Crippen LogP contribution in [0.15, 0.2) is 12.1 Å². The Hall–Kier alpha value is -2.05. The van der Waals surface area contributed by atoms with Crippen LogP contribution < -0.4 is 5.32 Å². The number of Topliss-reactive ketones (excluding diaryl/α,β-unsaturated/α-hetero) is 1. The summed E-state index contributed by atoms with van der Waals surface area (Å²) in [6.07, 6.45) is -0.325. The summed E-state index contributed by atoms with van der Waals surface area (Å²) in [6, 6.07) is 0.529. The molecule has 0 saturated heterocycles. The van der Waals surface area contributed by atoms with Crippen LogP contribution in [0.4, 0.5) is 18.0 Å². The van der Waals surface area contributed by atoms with Crippen molar-refractivity contribution in [1.82, 2.24) is 5.32 Å². The first-order valence-electron chi connectivity index (χ1n) is 7.72. The van der Waals surface area contributed by atoms with Crippen LogP contribution in [0.25, 0.3) is 0 Å². The molecule has 0 heterocycles. The summed E-state index contributed by atoms with van der Waals surface area (Å²) in [4.78, 5) is 23.6. The Morgan fingerprint density at radius 1 is 1.17 bits per heavy atom. The van der Waals surface area contributed by atoms with Crippen molar-refractivity contribution in [3.8, 4) is 0 Å². The van der Waals surface area contributed by atoms with Crippen molar-refractivity contribution in [1.29, 1.82) is 0 Å². The van der Waals surface area contributed by atoms with Gasteiger partial charge in [-0.2, -0.15) is 0 Å². The fourth-order valence-electron chi connectivity index (χ4n) is 2.81. The van der Waals surface area contributed by atoms with E-state index < -0.39 is 41.1 Å². The first kappa shape index (κ1) is 18.3. The maximum atomic E-state index is 14.1. The Morgan fingerprint density at radius 3 is 2.42 bits per heavy atom. The van der Waals surface area contributed by atoms with Gasteiger partial charge in [0.15, 0.2) is 11.6 Å². The number of ether oxygens (including phenoxy) is 1. The van der Waals surface area contributed by atoms with Gasteiger partial charge >= 0.3 is 6.09 Å². The standard InChI is InChI=1S/C17H20F3NO3/c1-17(2,3)24-16(23)21-15-6-9(22)4-5-10(15)11-7-13(19)14(20)8-12(11)18/h7-8,10,15H,4-6H2,1-3H3,(H,21,23)/t10-,15?/m1/s1. The lowest BCUT2D eigenvalue weighted by Crippen LogP contribution is -2.45. The summed E-state index contributed by atoms with van der Waals surface area (Å²) >= 11 is 0. The summed E-state index contributed by atoms with van der Waals surface area (Å²) in [5, 5.41) is 2.55. The lowest BCUT2D eigenvalue weighted by Gasteiger charge is -2.32. The Balaban J connectivity index is 2.25. The number of hydrogen-bond acceptors (Lipinski definition) is 3. The number of ketones is 1. The molecule has 7 heteroatoms. The van der Waals surface area contributed by atoms with Crippen molar-refractivity contribution in [3.63, 3.8) is 0 Å². The average Bonchev–Trinajstić information content (AvgIpc) is 2.41. The highest BCUT2D eigenvalue weighted by molar-refractivity contribution is 5.81. The molecule has 1 aliphatic rings. The van der Waals surface area contributed by atoms with Gasteiger partial charge in [0.05, 0.1) is 0 Å². The number of amides is 1. The van der Waals surface area contributed by atoms with Crippen molar-refractivity contribution in [2.75, 3.05) is 0 Å². The second kappa shape index (κ2) is 6.83. The van der Waals surface area contributed by atoms with E-state index in [1.165, 1.54) is 0 Å². The molecule has 1 fully saturated rings. The minimum Gasteiger partial charge on any atom is -0.444 e. The molecule has 0 aromatic heterocycles. The molecular formula is C17H20F3NO3. The second-order valence-corrected chi connectivity index (χ2v) is 6.93. The minimum absolute atomic E-state index is 0.0116. The average molecular weight is 343 g/mol. The number of nitrogens with one attached hydrogen (secondary N) is 1. The third kappa shape index (κ3) is 4.49. The molecule has 4 nitrogen and oxygen atoms in total. The van der Waals surface area contributed by atoms with Crippen LogP contribution in [0.3, 0.4) is 0 Å². The van der Waals surface area contributed by atoms with Gasteiger partial charge in [0.1, 0.15) is 17.2 Å². The maximum Gasteiger partial charge on any atom is 0.407 e. The van der Waals surface area contributed by atoms with E-state index in [4.69, 9.17) is 4.74 Å². The molecule has 1 aromatic carbocycles. The van der Waals surface area contributed by atoms with Crippen molar-refractivity contribution in [3.05, 3.63) is 35.1 Å². The van der Waals surface area contributed by atoms with E-state index in [0.717, 1.165) is 6.07 Å². The number of hydrogen-bond donors (Lipinski definition) is 1. The topological polar surface area (TPSA) is 55.4 Å². The summed E-state index contributed by atoms with van der Waals surface area (Å²) in [5.41, 5.74) is -0.784. The minimum atomic E-state index is -1.28. The highest BCUT2D eigenvalue weighted by Crippen LogP contribution is 2.34. The highest BCUT2D eigenvalue weighted by Gasteiger charge is 2.34. The lowest BCUT2D eigenvalue weighted by atomic mass is 9.79. The first-order chi connectivity index (χ1) is 11.1. The molecule has 1 N–H and O–H groups in total. The molecule has 0 bridgehead atoms. The maximum absolute atomic E-state index is 14.1. The molecule has 0 radical (unpaired) electrons. The number of rotatable bonds is 2. The quantitative estimate of drug-likeness (QED) is 0.830. The molecular weight excluding hydrogens is 323 g/mol. The van der Waals surface area contributed by atoms with Crippen LogP contribution in [-0.2, 0) is 9.53 Å². The van der Waals surface area contributed by atoms with E-state index in [9.17, 15) is 22.8 Å². The van der Waals surface area contributed by atoms with Gasteiger partial charge in [-0.05, 0) is 38.8 Å². The zero-order chi connectivity index (χ0) is 18.1. The second-order valence-electron chi connectivity index (χ2n) is 6.93. The number of benzene rings is 1. The smallest absolute Gasteiger partial charge is 0.407 e. The predicted octanol–water partition coefficient (Wildman–Crippen LogP) is 3.83. The van der Waals surface area contributed by atoms with Crippen molar-refractivity contribution < 1.29 is 27.5 Å². The van der Waals surface area contributed by atoms with Crippen molar-refractivity contribution in [2.24, 2.45) is 0 Å². The molecule has 0 spiro atoms. The van der Waals surface area contributed by atoms with E-state index in [1.807, 2.05) is 0 Å².